The van der Waals surface area contributed by atoms with Gasteiger partial charge >= 0.3 is 6.03 Å². The van der Waals surface area contributed by atoms with Crippen molar-refractivity contribution in [3.05, 3.63) is 21.3 Å². The van der Waals surface area contributed by atoms with Crippen LogP contribution in [-0.2, 0) is 22.5 Å². The Morgan fingerprint density at radius 1 is 1.44 bits per heavy atom. The van der Waals surface area contributed by atoms with E-state index in [1.165, 1.54) is 28.0 Å². The van der Waals surface area contributed by atoms with Gasteiger partial charge in [0.1, 0.15) is 4.83 Å². The van der Waals surface area contributed by atoms with Crippen LogP contribution in [0.2, 0.25) is 0 Å². The number of carbonyl (C=O) groups excluding carboxylic acids is 2. The second-order valence-electron chi connectivity index (χ2n) is 6.05. The number of hydrogen-bond donors (Lipinski definition) is 1. The molecule has 0 aromatic carbocycles. The largest absolute Gasteiger partial charge is 0.385 e. The van der Waals surface area contributed by atoms with Crippen LogP contribution < -0.4 is 10.9 Å². The molecular formula is C17H22N4O4S2. The summed E-state index contributed by atoms with van der Waals surface area (Å²) in [6.07, 6.45) is 1.51. The maximum atomic E-state index is 12.9. The first kappa shape index (κ1) is 19.8. The van der Waals surface area contributed by atoms with Crippen LogP contribution in [0.25, 0.3) is 10.2 Å². The van der Waals surface area contributed by atoms with Gasteiger partial charge in [-0.25, -0.2) is 9.78 Å². The molecule has 8 nitrogen and oxygen atoms in total. The van der Waals surface area contributed by atoms with Crippen molar-refractivity contribution >= 4 is 45.3 Å². The molecule has 0 saturated carbocycles. The molecule has 3 heterocycles. The number of carbonyl (C=O) groups is 2. The number of ether oxygens (including phenoxy) is 1. The van der Waals surface area contributed by atoms with Gasteiger partial charge in [0.2, 0.25) is 5.91 Å². The molecule has 0 bridgehead atoms. The van der Waals surface area contributed by atoms with Crippen LogP contribution in [0, 0.1) is 0 Å². The molecule has 0 unspecified atom stereocenters. The topological polar surface area (TPSA) is 93.5 Å². The number of amides is 3. The van der Waals surface area contributed by atoms with Crippen molar-refractivity contribution in [3.8, 4) is 0 Å². The van der Waals surface area contributed by atoms with Gasteiger partial charge in [-0.05, 0) is 18.9 Å². The molecule has 1 aliphatic heterocycles. The normalized spacial score (nSPS) is 14.1. The van der Waals surface area contributed by atoms with Crippen molar-refractivity contribution in [1.82, 2.24) is 19.8 Å². The lowest BCUT2D eigenvalue weighted by molar-refractivity contribution is -0.124. The third-order valence-corrected chi connectivity index (χ3v) is 6.36. The first-order valence-corrected chi connectivity index (χ1v) is 10.6. The van der Waals surface area contributed by atoms with E-state index in [1.807, 2.05) is 13.0 Å². The number of nitrogens with zero attached hydrogens (tertiary/aromatic N) is 3. The molecule has 0 atom stereocenters. The Balaban J connectivity index is 1.86. The summed E-state index contributed by atoms with van der Waals surface area (Å²) in [7, 11) is 1.62. The third kappa shape index (κ3) is 4.33. The smallest absolute Gasteiger partial charge is 0.324 e. The maximum Gasteiger partial charge on any atom is 0.324 e. The van der Waals surface area contributed by atoms with Crippen molar-refractivity contribution in [2.24, 2.45) is 0 Å². The van der Waals surface area contributed by atoms with Gasteiger partial charge < -0.3 is 10.1 Å². The summed E-state index contributed by atoms with van der Waals surface area (Å²) in [6.45, 7) is 3.88. The van der Waals surface area contributed by atoms with Crippen molar-refractivity contribution in [1.29, 1.82) is 0 Å². The van der Waals surface area contributed by atoms with Crippen LogP contribution in [0.5, 0.6) is 0 Å². The SMILES string of the molecule is CCc1cc2c(=O)n(CCCOC)c(SCC(=O)N3CCNC3=O)nc2s1. The first-order valence-electron chi connectivity index (χ1n) is 8.78. The molecule has 0 aliphatic carbocycles. The number of imide groups is 1. The minimum Gasteiger partial charge on any atom is -0.385 e. The van der Waals surface area contributed by atoms with Gasteiger partial charge in [0.25, 0.3) is 5.56 Å². The number of nitrogens with one attached hydrogen (secondary N) is 1. The lowest BCUT2D eigenvalue weighted by Crippen LogP contribution is -2.35. The van der Waals surface area contributed by atoms with Crippen molar-refractivity contribution < 1.29 is 14.3 Å². The van der Waals surface area contributed by atoms with E-state index in [0.29, 0.717) is 48.0 Å². The Morgan fingerprint density at radius 3 is 2.93 bits per heavy atom. The Labute approximate surface area is 164 Å². The molecule has 0 radical (unpaired) electrons. The predicted molar refractivity (Wildman–Crippen MR) is 106 cm³/mol. The average Bonchev–Trinajstić information content (AvgIpc) is 3.27. The molecule has 2 aromatic heterocycles. The third-order valence-electron chi connectivity index (χ3n) is 4.23. The molecule has 27 heavy (non-hydrogen) atoms. The highest BCUT2D eigenvalue weighted by Gasteiger charge is 2.26. The average molecular weight is 411 g/mol. The summed E-state index contributed by atoms with van der Waals surface area (Å²) in [4.78, 5) is 44.5. The molecule has 10 heteroatoms. The van der Waals surface area contributed by atoms with Gasteiger partial charge in [0.15, 0.2) is 5.16 Å². The molecule has 1 saturated heterocycles. The lowest BCUT2D eigenvalue weighted by atomic mass is 10.3. The summed E-state index contributed by atoms with van der Waals surface area (Å²) in [5.41, 5.74) is -0.0964. The fourth-order valence-corrected chi connectivity index (χ4v) is 4.72. The van der Waals surface area contributed by atoms with Crippen LogP contribution in [0.15, 0.2) is 16.0 Å². The lowest BCUT2D eigenvalue weighted by Gasteiger charge is -2.14. The summed E-state index contributed by atoms with van der Waals surface area (Å²) in [6, 6.07) is 1.53. The highest BCUT2D eigenvalue weighted by molar-refractivity contribution is 7.99. The first-order chi connectivity index (χ1) is 13.0. The van der Waals surface area contributed by atoms with Crippen molar-refractivity contribution in [3.63, 3.8) is 0 Å². The summed E-state index contributed by atoms with van der Waals surface area (Å²) in [5, 5.41) is 3.73. The number of rotatable bonds is 8. The summed E-state index contributed by atoms with van der Waals surface area (Å²) < 4.78 is 6.69. The van der Waals surface area contributed by atoms with Gasteiger partial charge in [0, 0.05) is 38.2 Å². The van der Waals surface area contributed by atoms with E-state index in [1.54, 1.807) is 11.7 Å². The van der Waals surface area contributed by atoms with Gasteiger partial charge in [-0.3, -0.25) is 19.1 Å². The zero-order valence-corrected chi connectivity index (χ0v) is 17.0. The standard InChI is InChI=1S/C17H22N4O4S2/c1-3-11-9-12-14(27-11)19-17(21(15(12)23)6-4-8-25-2)26-10-13(22)20-7-5-18-16(20)24/h9H,3-8,10H2,1-2H3,(H,18,24). The minimum absolute atomic E-state index is 0.0572. The number of aromatic nitrogens is 2. The van der Waals surface area contributed by atoms with Crippen molar-refractivity contribution in [2.75, 3.05) is 32.6 Å². The van der Waals surface area contributed by atoms with Gasteiger partial charge in [0.05, 0.1) is 11.1 Å². The van der Waals surface area contributed by atoms with E-state index < -0.39 is 0 Å². The highest BCUT2D eigenvalue weighted by Crippen LogP contribution is 2.25. The zero-order valence-electron chi connectivity index (χ0n) is 15.3. The fourth-order valence-electron chi connectivity index (χ4n) is 2.81. The number of aryl methyl sites for hydroxylation is 1. The van der Waals surface area contributed by atoms with E-state index in [9.17, 15) is 14.4 Å². The second-order valence-corrected chi connectivity index (χ2v) is 8.11. The Morgan fingerprint density at radius 2 is 2.26 bits per heavy atom. The van der Waals surface area contributed by atoms with Crippen LogP contribution >= 0.6 is 23.1 Å². The highest BCUT2D eigenvalue weighted by atomic mass is 32.2. The van der Waals surface area contributed by atoms with Crippen LogP contribution in [0.1, 0.15) is 18.2 Å². The number of fused-ring (bicyclic) bond motifs is 1. The number of methoxy groups -OCH3 is 1. The van der Waals surface area contributed by atoms with Crippen LogP contribution in [-0.4, -0.2) is 58.9 Å². The zero-order chi connectivity index (χ0) is 19.4. The molecule has 146 valence electrons. The van der Waals surface area contributed by atoms with Gasteiger partial charge in [-0.15, -0.1) is 11.3 Å². The predicted octanol–water partition coefficient (Wildman–Crippen LogP) is 1.70. The van der Waals surface area contributed by atoms with Gasteiger partial charge in [-0.1, -0.05) is 18.7 Å². The number of urea groups is 1. The molecule has 1 aliphatic rings. The van der Waals surface area contributed by atoms with E-state index in [2.05, 4.69) is 10.3 Å². The molecular weight excluding hydrogens is 388 g/mol. The quantitative estimate of drug-likeness (QED) is 0.404. The maximum absolute atomic E-state index is 12.9. The van der Waals surface area contributed by atoms with E-state index in [4.69, 9.17) is 4.74 Å². The summed E-state index contributed by atoms with van der Waals surface area (Å²) in [5.74, 6) is -0.227. The molecule has 3 rings (SSSR count). The fraction of sp³-hybridized carbons (Fsp3) is 0.529. The number of hydrogen-bond acceptors (Lipinski definition) is 7. The molecule has 1 N–H and O–H groups in total. The summed E-state index contributed by atoms with van der Waals surface area (Å²) >= 11 is 2.70. The molecule has 1 fully saturated rings. The van der Waals surface area contributed by atoms with E-state index >= 15 is 0 Å². The minimum atomic E-state index is -0.368. The Kier molecular flexibility index (Phi) is 6.51. The Bertz CT molecular complexity index is 908. The monoisotopic (exact) mass is 410 g/mol. The number of thioether (sulfide) groups is 1. The second kappa shape index (κ2) is 8.85. The van der Waals surface area contributed by atoms with Crippen LogP contribution in [0.3, 0.4) is 0 Å². The Hall–Kier alpha value is -1.91. The molecule has 0 spiro atoms. The van der Waals surface area contributed by atoms with Gasteiger partial charge in [-0.2, -0.15) is 0 Å². The molecule has 3 amide bonds. The molecule has 2 aromatic rings. The van der Waals surface area contributed by atoms with E-state index in [-0.39, 0.29) is 23.3 Å². The number of thiophene rings is 1. The van der Waals surface area contributed by atoms with Crippen molar-refractivity contribution in [2.45, 2.75) is 31.5 Å². The van der Waals surface area contributed by atoms with Crippen LogP contribution in [0.4, 0.5) is 4.79 Å². The van der Waals surface area contributed by atoms with E-state index in [0.717, 1.165) is 11.3 Å².